The van der Waals surface area contributed by atoms with Gasteiger partial charge >= 0.3 is 5.97 Å². The number of aliphatic carboxylic acids is 1. The predicted octanol–water partition coefficient (Wildman–Crippen LogP) is 0.934. The van der Waals surface area contributed by atoms with Crippen LogP contribution >= 0.6 is 23.1 Å². The van der Waals surface area contributed by atoms with Crippen molar-refractivity contribution in [1.82, 2.24) is 15.2 Å². The fraction of sp³-hybridized carbons (Fsp3) is 0.632. The van der Waals surface area contributed by atoms with Gasteiger partial charge in [0.05, 0.1) is 34.8 Å². The number of aliphatic hydroxyl groups is 1. The van der Waals surface area contributed by atoms with Crippen molar-refractivity contribution in [2.45, 2.75) is 50.1 Å². The minimum atomic E-state index is -1.08. The maximum Gasteiger partial charge on any atom is 0.353 e. The van der Waals surface area contributed by atoms with E-state index >= 15 is 0 Å². The van der Waals surface area contributed by atoms with Crippen molar-refractivity contribution in [1.29, 1.82) is 0 Å². The first-order valence-electron chi connectivity index (χ1n) is 9.86. The highest BCUT2D eigenvalue weighted by Crippen LogP contribution is 2.52. The third-order valence-corrected chi connectivity index (χ3v) is 8.42. The number of β-lactam (4-membered cyclic amide) rings is 1. The molecule has 2 saturated heterocycles. The van der Waals surface area contributed by atoms with Crippen molar-refractivity contribution in [2.75, 3.05) is 13.1 Å². The van der Waals surface area contributed by atoms with Crippen molar-refractivity contribution in [2.24, 2.45) is 17.6 Å². The van der Waals surface area contributed by atoms with Gasteiger partial charge in [-0.1, -0.05) is 6.92 Å². The van der Waals surface area contributed by atoms with E-state index in [1.807, 2.05) is 6.92 Å². The largest absolute Gasteiger partial charge is 0.477 e. The Morgan fingerprint density at radius 1 is 1.55 bits per heavy atom. The molecular weight excluding hydrogens is 412 g/mol. The molecule has 2 fully saturated rings. The van der Waals surface area contributed by atoms with Crippen LogP contribution in [0.5, 0.6) is 0 Å². The Kier molecular flexibility index (Phi) is 5.73. The second-order valence-electron chi connectivity index (χ2n) is 7.91. The summed E-state index contributed by atoms with van der Waals surface area (Å²) in [6, 6.07) is -0.122. The number of amides is 1. The van der Waals surface area contributed by atoms with Crippen molar-refractivity contribution in [3.8, 4) is 0 Å². The van der Waals surface area contributed by atoms with Gasteiger partial charge in [0.25, 0.3) is 0 Å². The zero-order chi connectivity index (χ0) is 20.9. The Morgan fingerprint density at radius 3 is 2.97 bits per heavy atom. The van der Waals surface area contributed by atoms with E-state index in [0.29, 0.717) is 6.54 Å². The molecule has 158 valence electrons. The van der Waals surface area contributed by atoms with Crippen LogP contribution in [0.15, 0.2) is 16.0 Å². The first-order chi connectivity index (χ1) is 13.8. The van der Waals surface area contributed by atoms with Crippen LogP contribution in [0.1, 0.15) is 37.0 Å². The summed E-state index contributed by atoms with van der Waals surface area (Å²) in [5, 5.41) is 26.5. The number of nitrogens with one attached hydrogen (secondary N) is 1. The van der Waals surface area contributed by atoms with Crippen LogP contribution in [0.3, 0.4) is 0 Å². The van der Waals surface area contributed by atoms with Crippen LogP contribution in [-0.2, 0) is 16.0 Å². The Hall–Kier alpha value is -1.46. The lowest BCUT2D eigenvalue weighted by Gasteiger charge is -2.46. The number of carboxylic acids is 1. The van der Waals surface area contributed by atoms with Gasteiger partial charge in [0, 0.05) is 34.4 Å². The number of carbonyl (C=O) groups is 2. The second kappa shape index (κ2) is 7.99. The molecular formula is C19H26N4O4S2. The van der Waals surface area contributed by atoms with E-state index in [9.17, 15) is 19.8 Å². The number of carboxylic acid groups (broad SMARTS) is 1. The molecule has 1 aromatic heterocycles. The number of hydrogen-bond acceptors (Lipinski definition) is 8. The maximum atomic E-state index is 12.5. The highest BCUT2D eigenvalue weighted by molar-refractivity contribution is 8.03. The second-order valence-corrected chi connectivity index (χ2v) is 10.2. The van der Waals surface area contributed by atoms with E-state index < -0.39 is 18.0 Å². The molecule has 5 N–H and O–H groups in total. The van der Waals surface area contributed by atoms with Gasteiger partial charge in [0.2, 0.25) is 5.91 Å². The van der Waals surface area contributed by atoms with Crippen LogP contribution < -0.4 is 11.1 Å². The predicted molar refractivity (Wildman–Crippen MR) is 111 cm³/mol. The highest BCUT2D eigenvalue weighted by atomic mass is 32.2. The molecule has 0 saturated carbocycles. The van der Waals surface area contributed by atoms with E-state index in [4.69, 9.17) is 5.73 Å². The van der Waals surface area contributed by atoms with Crippen molar-refractivity contribution in [3.05, 3.63) is 26.7 Å². The molecule has 0 radical (unpaired) electrons. The fourth-order valence-corrected chi connectivity index (χ4v) is 6.95. The van der Waals surface area contributed by atoms with E-state index in [-0.39, 0.29) is 34.9 Å². The van der Waals surface area contributed by atoms with E-state index in [0.717, 1.165) is 35.0 Å². The summed E-state index contributed by atoms with van der Waals surface area (Å²) >= 11 is 3.17. The molecule has 4 heterocycles. The summed E-state index contributed by atoms with van der Waals surface area (Å²) in [6.07, 6.45) is 0.839. The third-order valence-electron chi connectivity index (χ3n) is 5.98. The minimum Gasteiger partial charge on any atom is -0.477 e. The summed E-state index contributed by atoms with van der Waals surface area (Å²) in [5.74, 6) is -1.99. The smallest absolute Gasteiger partial charge is 0.353 e. The molecule has 8 nitrogen and oxygen atoms in total. The number of carbonyl (C=O) groups excluding carboxylic acids is 1. The number of rotatable bonds is 7. The molecule has 3 aliphatic rings. The number of aliphatic hydroxyl groups excluding tert-OH is 1. The zero-order valence-electron chi connectivity index (χ0n) is 16.4. The average Bonchev–Trinajstić information content (AvgIpc) is 3.34. The number of thiazole rings is 1. The van der Waals surface area contributed by atoms with Gasteiger partial charge < -0.3 is 26.2 Å². The Bertz CT molecular complexity index is 855. The van der Waals surface area contributed by atoms with E-state index in [2.05, 4.69) is 15.7 Å². The number of nitrogens with two attached hydrogens (primary N) is 1. The molecule has 10 heteroatoms. The van der Waals surface area contributed by atoms with Gasteiger partial charge in [-0.05, 0) is 19.9 Å². The lowest BCUT2D eigenvalue weighted by atomic mass is 9.79. The molecule has 1 amide bonds. The third kappa shape index (κ3) is 3.50. The molecule has 0 aromatic carbocycles. The van der Waals surface area contributed by atoms with Gasteiger partial charge in [0.15, 0.2) is 0 Å². The van der Waals surface area contributed by atoms with Crippen molar-refractivity contribution >= 4 is 35.0 Å². The van der Waals surface area contributed by atoms with Gasteiger partial charge in [0.1, 0.15) is 5.70 Å². The number of fused-ring (bicyclic) bond motifs is 1. The Morgan fingerprint density at radius 2 is 2.31 bits per heavy atom. The van der Waals surface area contributed by atoms with Gasteiger partial charge in [-0.2, -0.15) is 0 Å². The summed E-state index contributed by atoms with van der Waals surface area (Å²) in [5.41, 5.74) is 6.71. The van der Waals surface area contributed by atoms with Gasteiger partial charge in [-0.25, -0.2) is 9.78 Å². The quantitative estimate of drug-likeness (QED) is 0.463. The molecule has 0 spiro atoms. The van der Waals surface area contributed by atoms with Gasteiger partial charge in [-0.3, -0.25) is 4.79 Å². The highest BCUT2D eigenvalue weighted by Gasteiger charge is 2.60. The number of thioether (sulfide) groups is 1. The van der Waals surface area contributed by atoms with Crippen LogP contribution in [0.4, 0.5) is 0 Å². The SMILES string of the molecule is C[C@@H](O)[C@H]1C(=O)N2C(C(=O)O)=C(S[C@@H]3CN[C@H](c4csc(CCN)n4)C3)[C@H](C)[C@H]12. The van der Waals surface area contributed by atoms with E-state index in [1.54, 1.807) is 30.0 Å². The molecule has 29 heavy (non-hydrogen) atoms. The Labute approximate surface area is 177 Å². The molecule has 0 unspecified atom stereocenters. The summed E-state index contributed by atoms with van der Waals surface area (Å²) in [4.78, 5) is 31.2. The fourth-order valence-electron chi connectivity index (χ4n) is 4.60. The topological polar surface area (TPSA) is 129 Å². The van der Waals surface area contributed by atoms with Gasteiger partial charge in [-0.15, -0.1) is 23.1 Å². The lowest BCUT2D eigenvalue weighted by molar-refractivity contribution is -0.163. The normalized spacial score (nSPS) is 32.5. The first kappa shape index (κ1) is 20.8. The molecule has 0 bridgehead atoms. The first-order valence-corrected chi connectivity index (χ1v) is 11.6. The maximum absolute atomic E-state index is 12.5. The standard InChI is InChI=1S/C19H26N4O4S2/c1-8-15-14(9(2)24)18(25)23(15)16(19(26)27)17(8)29-10-5-11(21-6-10)12-7-28-13(22-12)3-4-20/h7-11,14-15,21,24H,3-6,20H2,1-2H3,(H,26,27)/t8-,9-,10+,11+,14-,15-/m1/s1. The van der Waals surface area contributed by atoms with E-state index in [1.165, 1.54) is 4.90 Å². The molecule has 1 aromatic rings. The number of aromatic nitrogens is 1. The van der Waals surface area contributed by atoms with Crippen LogP contribution in [0.25, 0.3) is 0 Å². The van der Waals surface area contributed by atoms with Crippen LogP contribution in [0.2, 0.25) is 0 Å². The summed E-state index contributed by atoms with van der Waals surface area (Å²) < 4.78 is 0. The number of nitrogens with zero attached hydrogens (tertiary/aromatic N) is 2. The zero-order valence-corrected chi connectivity index (χ0v) is 18.0. The van der Waals surface area contributed by atoms with Crippen LogP contribution in [-0.4, -0.2) is 62.5 Å². The molecule has 4 rings (SSSR count). The summed E-state index contributed by atoms with van der Waals surface area (Å²) in [7, 11) is 0. The Balaban J connectivity index is 1.48. The number of hydrogen-bond donors (Lipinski definition) is 4. The van der Waals surface area contributed by atoms with Crippen molar-refractivity contribution in [3.63, 3.8) is 0 Å². The van der Waals surface area contributed by atoms with Crippen molar-refractivity contribution < 1.29 is 19.8 Å². The summed E-state index contributed by atoms with van der Waals surface area (Å²) in [6.45, 7) is 4.88. The van der Waals surface area contributed by atoms with Crippen LogP contribution in [0, 0.1) is 11.8 Å². The lowest BCUT2D eigenvalue weighted by Crippen LogP contribution is -2.63. The molecule has 6 atom stereocenters. The minimum absolute atomic E-state index is 0.0942. The average molecular weight is 439 g/mol. The molecule has 3 aliphatic heterocycles. The molecule has 0 aliphatic carbocycles. The monoisotopic (exact) mass is 438 g/mol.